The summed E-state index contributed by atoms with van der Waals surface area (Å²) in [5, 5.41) is 2.41. The van der Waals surface area contributed by atoms with E-state index in [1.165, 1.54) is 77.5 Å². The van der Waals surface area contributed by atoms with Crippen molar-refractivity contribution in [2.75, 3.05) is 29.4 Å². The van der Waals surface area contributed by atoms with Gasteiger partial charge in [-0.05, 0) is 284 Å². The smallest absolute Gasteiger partial charge is 0.0540 e. The number of anilines is 18. The third kappa shape index (κ3) is 18.0. The lowest BCUT2D eigenvalue weighted by atomic mass is 9.99. The second-order valence-electron chi connectivity index (χ2n) is 32.1. The molecule has 0 atom stereocenters. The minimum Gasteiger partial charge on any atom is -0.311 e. The molecule has 618 valence electrons. The fraction of sp³-hybridized carbons (Fsp3) is 0. The molecule has 0 N–H and O–H groups in total. The van der Waals surface area contributed by atoms with Crippen molar-refractivity contribution in [3.63, 3.8) is 0 Å². The van der Waals surface area contributed by atoms with E-state index in [1.54, 1.807) is 0 Å². The quantitative estimate of drug-likeness (QED) is 0.0596. The number of nitrogens with zero attached hydrogens (tertiary/aromatic N) is 6. The van der Waals surface area contributed by atoms with Crippen molar-refractivity contribution >= 4 is 113 Å². The summed E-state index contributed by atoms with van der Waals surface area (Å²) in [6.07, 6.45) is 0. The first kappa shape index (κ1) is 81.1. The van der Waals surface area contributed by atoms with Crippen molar-refractivity contribution < 1.29 is 0 Å². The van der Waals surface area contributed by atoms with E-state index in [9.17, 15) is 0 Å². The van der Waals surface area contributed by atoms with Crippen LogP contribution in [0, 0.1) is 0 Å². The maximum absolute atomic E-state index is 2.38. The van der Waals surface area contributed by atoms with Gasteiger partial charge < -0.3 is 29.4 Å². The van der Waals surface area contributed by atoms with Crippen molar-refractivity contribution in [2.24, 2.45) is 0 Å². The zero-order chi connectivity index (χ0) is 87.0. The van der Waals surface area contributed by atoms with Gasteiger partial charge >= 0.3 is 0 Å². The molecule has 21 rings (SSSR count). The van der Waals surface area contributed by atoms with Crippen LogP contribution in [0.5, 0.6) is 0 Å². The van der Waals surface area contributed by atoms with Gasteiger partial charge in [-0.15, -0.1) is 0 Å². The van der Waals surface area contributed by atoms with Crippen LogP contribution < -0.4 is 29.4 Å². The molecule has 0 saturated carbocycles. The Bertz CT molecular complexity index is 6650. The van der Waals surface area contributed by atoms with E-state index < -0.39 is 0 Å². The highest BCUT2D eigenvalue weighted by Crippen LogP contribution is 2.46. The van der Waals surface area contributed by atoms with E-state index in [1.807, 2.05) is 0 Å². The molecule has 0 aliphatic heterocycles. The molecule has 0 fully saturated rings. The van der Waals surface area contributed by atoms with Gasteiger partial charge in [0.2, 0.25) is 0 Å². The van der Waals surface area contributed by atoms with Crippen LogP contribution in [-0.2, 0) is 0 Å². The third-order valence-corrected chi connectivity index (χ3v) is 23.9. The summed E-state index contributed by atoms with van der Waals surface area (Å²) in [7, 11) is 0. The molecule has 0 aliphatic rings. The van der Waals surface area contributed by atoms with E-state index in [4.69, 9.17) is 0 Å². The first-order valence-corrected chi connectivity index (χ1v) is 44.3. The van der Waals surface area contributed by atoms with Crippen LogP contribution in [0.25, 0.3) is 77.5 Å². The number of hydrogen-bond donors (Lipinski definition) is 0. The lowest BCUT2D eigenvalue weighted by molar-refractivity contribution is 1.28. The van der Waals surface area contributed by atoms with Gasteiger partial charge in [-0.2, -0.15) is 0 Å². The standard InChI is InChI=1S/C70H51N3.C54H41N3/c1-5-18-61(19-6-1)71(62-20-7-2-8-21-62)65-44-36-56(37-45-65)52-28-32-54(33-29-52)58-40-48-67(49-41-58)73(70-27-15-17-60-16-13-14-26-69(60)70)68-50-42-59(43-51-68)55-34-30-53(31-35-55)57-38-46-66(47-39-57)72(63-22-9-3-10-23-63)64-24-11-4-12-25-64;1-6-16-46(17-7-1)55(47-18-8-2-9-19-47)51-34-26-42(27-35-51)44-30-38-53(39-31-44)57(50-24-14-5-15-25-50)54-40-32-45(33-41-54)43-28-36-52(37-29-43)56(48-20-10-3-11-21-48)49-22-12-4-13-23-49/h1-51H;1-41H. The summed E-state index contributed by atoms with van der Waals surface area (Å²) in [4.78, 5) is 13.9. The lowest BCUT2D eigenvalue weighted by Crippen LogP contribution is -2.10. The third-order valence-electron chi connectivity index (χ3n) is 23.9. The Hall–Kier alpha value is -17.3. The maximum atomic E-state index is 2.38. The van der Waals surface area contributed by atoms with E-state index >= 15 is 0 Å². The van der Waals surface area contributed by atoms with Gasteiger partial charge in [0, 0.05) is 102 Å². The summed E-state index contributed by atoms with van der Waals surface area (Å²) in [6.45, 7) is 0. The van der Waals surface area contributed by atoms with Crippen LogP contribution >= 0.6 is 0 Å². The van der Waals surface area contributed by atoms with E-state index in [2.05, 4.69) is 588 Å². The molecule has 0 heterocycles. The highest BCUT2D eigenvalue weighted by atomic mass is 15.2. The summed E-state index contributed by atoms with van der Waals surface area (Å²) < 4.78 is 0. The fourth-order valence-corrected chi connectivity index (χ4v) is 17.4. The van der Waals surface area contributed by atoms with Gasteiger partial charge in [0.1, 0.15) is 0 Å². The van der Waals surface area contributed by atoms with Gasteiger partial charge in [0.15, 0.2) is 0 Å². The highest BCUT2D eigenvalue weighted by molar-refractivity contribution is 6.00. The molecule has 0 aliphatic carbocycles. The SMILES string of the molecule is c1ccc(N(c2ccccc2)c2ccc(-c3ccc(-c4ccc(N(c5ccc(-c6ccc(-c7ccc(N(c8ccccc8)c8ccccc8)cc7)cc6)cc5)c5cccc6ccccc56)cc4)cc3)cc2)cc1.c1ccc(N(c2ccccc2)c2ccc(-c3ccc(N(c4ccccc4)c4ccc(-c5ccc(N(c6ccccc6)c6ccccc6)cc5)cc4)cc3)cc2)cc1. The summed E-state index contributed by atoms with van der Waals surface area (Å²) >= 11 is 0. The Morgan fingerprint density at radius 2 is 0.208 bits per heavy atom. The number of rotatable bonds is 24. The molecule has 0 spiro atoms. The number of hydrogen-bond acceptors (Lipinski definition) is 6. The molecule has 0 unspecified atom stereocenters. The predicted octanol–water partition coefficient (Wildman–Crippen LogP) is 35.3. The molecule has 21 aromatic rings. The van der Waals surface area contributed by atoms with E-state index in [0.29, 0.717) is 0 Å². The molecule has 0 radical (unpaired) electrons. The van der Waals surface area contributed by atoms with Crippen LogP contribution in [0.1, 0.15) is 0 Å². The first-order chi connectivity index (χ1) is 64.5. The van der Waals surface area contributed by atoms with Crippen molar-refractivity contribution in [3.05, 3.63) is 558 Å². The highest BCUT2D eigenvalue weighted by Gasteiger charge is 2.22. The van der Waals surface area contributed by atoms with Crippen LogP contribution in [0.3, 0.4) is 0 Å². The maximum Gasteiger partial charge on any atom is 0.0540 e. The molecular formula is C124H92N6. The fourth-order valence-electron chi connectivity index (χ4n) is 17.4. The van der Waals surface area contributed by atoms with E-state index in [-0.39, 0.29) is 0 Å². The van der Waals surface area contributed by atoms with Crippen molar-refractivity contribution in [1.82, 2.24) is 0 Å². The van der Waals surface area contributed by atoms with Crippen molar-refractivity contribution in [3.8, 4) is 66.8 Å². The normalized spacial score (nSPS) is 10.9. The van der Waals surface area contributed by atoms with Crippen LogP contribution in [0.4, 0.5) is 102 Å². The minimum atomic E-state index is 1.09. The van der Waals surface area contributed by atoms with Crippen LogP contribution in [0.2, 0.25) is 0 Å². The minimum absolute atomic E-state index is 1.09. The topological polar surface area (TPSA) is 19.4 Å². The Kier molecular flexibility index (Phi) is 24.0. The Morgan fingerprint density at radius 1 is 0.0846 bits per heavy atom. The second-order valence-corrected chi connectivity index (χ2v) is 32.1. The Morgan fingerprint density at radius 3 is 0.377 bits per heavy atom. The van der Waals surface area contributed by atoms with E-state index in [0.717, 1.165) is 102 Å². The summed E-state index contributed by atoms with van der Waals surface area (Å²) in [5.41, 5.74) is 34.2. The monoisotopic (exact) mass is 1660 g/mol. The zero-order valence-electron chi connectivity index (χ0n) is 71.8. The summed E-state index contributed by atoms with van der Waals surface area (Å²) in [5.74, 6) is 0. The Labute approximate surface area is 762 Å². The Balaban J connectivity index is 0.000000168. The van der Waals surface area contributed by atoms with Gasteiger partial charge in [-0.1, -0.05) is 346 Å². The lowest BCUT2D eigenvalue weighted by Gasteiger charge is -2.27. The molecule has 6 nitrogen and oxygen atoms in total. The van der Waals surface area contributed by atoms with Crippen molar-refractivity contribution in [2.45, 2.75) is 0 Å². The first-order valence-electron chi connectivity index (χ1n) is 44.3. The van der Waals surface area contributed by atoms with Gasteiger partial charge in [0.25, 0.3) is 0 Å². The van der Waals surface area contributed by atoms with Gasteiger partial charge in [-0.25, -0.2) is 0 Å². The molecule has 6 heteroatoms. The molecule has 130 heavy (non-hydrogen) atoms. The van der Waals surface area contributed by atoms with Gasteiger partial charge in [-0.3, -0.25) is 0 Å². The predicted molar refractivity (Wildman–Crippen MR) is 551 cm³/mol. The average molecular weight is 1670 g/mol. The molecule has 0 amide bonds. The molecule has 0 saturated heterocycles. The van der Waals surface area contributed by atoms with Gasteiger partial charge in [0.05, 0.1) is 5.69 Å². The zero-order valence-corrected chi connectivity index (χ0v) is 71.8. The molecule has 21 aromatic carbocycles. The van der Waals surface area contributed by atoms with Crippen LogP contribution in [-0.4, -0.2) is 0 Å². The number of fused-ring (bicyclic) bond motifs is 1. The summed E-state index contributed by atoms with van der Waals surface area (Å²) in [6, 6.07) is 199. The molecular weight excluding hydrogens is 1570 g/mol. The average Bonchev–Trinajstić information content (AvgIpc) is 0.778. The molecule has 0 bridgehead atoms. The second kappa shape index (κ2) is 38.4. The van der Waals surface area contributed by atoms with Crippen molar-refractivity contribution in [1.29, 1.82) is 0 Å². The van der Waals surface area contributed by atoms with Crippen LogP contribution in [0.15, 0.2) is 558 Å². The number of benzene rings is 21. The largest absolute Gasteiger partial charge is 0.311 e. The number of para-hydroxylation sites is 9. The molecule has 0 aromatic heterocycles.